The maximum atomic E-state index is 12.4. The monoisotopic (exact) mass is 540 g/mol. The van der Waals surface area contributed by atoms with Crippen LogP contribution in [0.4, 0.5) is 0 Å². The Morgan fingerprint density at radius 3 is 2.08 bits per heavy atom. The van der Waals surface area contributed by atoms with E-state index < -0.39 is 5.97 Å². The van der Waals surface area contributed by atoms with E-state index in [1.165, 1.54) is 64.2 Å². The zero-order valence-electron chi connectivity index (χ0n) is 24.1. The van der Waals surface area contributed by atoms with Gasteiger partial charge in [-0.3, -0.25) is 4.79 Å². The Balaban J connectivity index is 1.61. The first-order chi connectivity index (χ1) is 19.1. The van der Waals surface area contributed by atoms with Crippen LogP contribution in [0.2, 0.25) is 0 Å². The van der Waals surface area contributed by atoms with Gasteiger partial charge in [-0.05, 0) is 37.1 Å². The number of rotatable bonds is 22. The number of unbranched alkanes of at least 4 members (excludes halogenated alkanes) is 12. The molecule has 216 valence electrons. The third kappa shape index (κ3) is 14.9. The summed E-state index contributed by atoms with van der Waals surface area (Å²) in [4.78, 5) is 24.2. The average Bonchev–Trinajstić information content (AvgIpc) is 3.76. The fraction of sp³-hybridized carbons (Fsp3) is 0.656. The molecule has 0 amide bonds. The second kappa shape index (κ2) is 20.2. The Bertz CT molecular complexity index is 902. The van der Waals surface area contributed by atoms with Crippen molar-refractivity contribution in [1.29, 1.82) is 5.26 Å². The molecule has 2 unspecified atom stereocenters. The maximum absolute atomic E-state index is 12.4. The van der Waals surface area contributed by atoms with Gasteiger partial charge >= 0.3 is 11.9 Å². The Labute approximate surface area is 235 Å². The minimum atomic E-state index is -0.577. The van der Waals surface area contributed by atoms with E-state index in [1.807, 2.05) is 37.4 Å². The number of nitrogens with one attached hydrogen (secondary N) is 1. The second-order valence-corrected chi connectivity index (χ2v) is 10.3. The first-order valence-electron chi connectivity index (χ1n) is 14.9. The fourth-order valence-corrected chi connectivity index (χ4v) is 4.54. The van der Waals surface area contributed by atoms with Crippen molar-refractivity contribution in [3.63, 3.8) is 0 Å². The van der Waals surface area contributed by atoms with Gasteiger partial charge in [0.25, 0.3) is 0 Å². The van der Waals surface area contributed by atoms with E-state index in [2.05, 4.69) is 12.2 Å². The normalized spacial score (nSPS) is 15.4. The van der Waals surface area contributed by atoms with E-state index in [9.17, 15) is 14.9 Å². The van der Waals surface area contributed by atoms with Crippen LogP contribution in [-0.4, -0.2) is 38.5 Å². The molecule has 2 atom stereocenters. The molecule has 1 aliphatic heterocycles. The zero-order valence-corrected chi connectivity index (χ0v) is 24.1. The summed E-state index contributed by atoms with van der Waals surface area (Å²) in [5.74, 6) is -0.847. The van der Waals surface area contributed by atoms with Crippen molar-refractivity contribution in [2.24, 2.45) is 0 Å². The van der Waals surface area contributed by atoms with Crippen LogP contribution in [0, 0.1) is 11.3 Å². The van der Waals surface area contributed by atoms with Crippen LogP contribution in [0.5, 0.6) is 0 Å². The van der Waals surface area contributed by atoms with Gasteiger partial charge in [0.15, 0.2) is 0 Å². The van der Waals surface area contributed by atoms with Crippen molar-refractivity contribution in [2.45, 2.75) is 116 Å². The van der Waals surface area contributed by atoms with Gasteiger partial charge in [0.05, 0.1) is 6.61 Å². The van der Waals surface area contributed by atoms with Crippen LogP contribution < -0.4 is 5.32 Å². The predicted molar refractivity (Wildman–Crippen MR) is 154 cm³/mol. The summed E-state index contributed by atoms with van der Waals surface area (Å²) in [7, 11) is 1.84. The van der Waals surface area contributed by atoms with Gasteiger partial charge < -0.3 is 19.5 Å². The lowest BCUT2D eigenvalue weighted by atomic mass is 10.00. The maximum Gasteiger partial charge on any atom is 0.348 e. The van der Waals surface area contributed by atoms with Crippen molar-refractivity contribution >= 4 is 18.0 Å². The van der Waals surface area contributed by atoms with E-state index in [0.29, 0.717) is 19.6 Å². The molecule has 7 nitrogen and oxygen atoms in total. The number of esters is 2. The second-order valence-electron chi connectivity index (χ2n) is 10.3. The van der Waals surface area contributed by atoms with Gasteiger partial charge in [-0.25, -0.2) is 4.79 Å². The lowest BCUT2D eigenvalue weighted by Gasteiger charge is -2.16. The Morgan fingerprint density at radius 1 is 1.00 bits per heavy atom. The zero-order chi connectivity index (χ0) is 28.1. The molecule has 1 saturated heterocycles. The van der Waals surface area contributed by atoms with Gasteiger partial charge in [-0.2, -0.15) is 5.26 Å². The molecule has 1 aromatic rings. The molecule has 1 fully saturated rings. The van der Waals surface area contributed by atoms with E-state index in [0.717, 1.165) is 30.4 Å². The number of nitriles is 1. The molecular weight excluding hydrogens is 492 g/mol. The Kier molecular flexibility index (Phi) is 16.9. The van der Waals surface area contributed by atoms with Crippen molar-refractivity contribution < 1.29 is 23.8 Å². The topological polar surface area (TPSA) is 101 Å². The summed E-state index contributed by atoms with van der Waals surface area (Å²) < 4.78 is 15.4. The van der Waals surface area contributed by atoms with E-state index in [-0.39, 0.29) is 30.3 Å². The van der Waals surface area contributed by atoms with Gasteiger partial charge in [0.1, 0.15) is 18.2 Å². The molecule has 1 N–H and O–H groups in total. The number of carbonyl (C=O) groups excluding carboxylic acids is 2. The van der Waals surface area contributed by atoms with E-state index >= 15 is 0 Å². The summed E-state index contributed by atoms with van der Waals surface area (Å²) >= 11 is 0. The van der Waals surface area contributed by atoms with E-state index in [1.54, 1.807) is 6.08 Å². The number of ether oxygens (including phenoxy) is 3. The summed E-state index contributed by atoms with van der Waals surface area (Å²) in [6, 6.07) is 9.51. The van der Waals surface area contributed by atoms with Crippen LogP contribution in [0.15, 0.2) is 29.8 Å². The summed E-state index contributed by atoms with van der Waals surface area (Å²) in [6.07, 6.45) is 18.5. The molecule has 0 aliphatic carbocycles. The van der Waals surface area contributed by atoms with Crippen LogP contribution in [-0.2, 0) is 23.8 Å². The number of nitrogens with zero attached hydrogens (tertiary/aromatic N) is 1. The number of hydrogen-bond donors (Lipinski definition) is 1. The fourth-order valence-electron chi connectivity index (χ4n) is 4.54. The highest BCUT2D eigenvalue weighted by atomic mass is 16.8. The number of hydrogen-bond acceptors (Lipinski definition) is 7. The molecule has 39 heavy (non-hydrogen) atoms. The molecular formula is C32H48N2O5. The van der Waals surface area contributed by atoms with Gasteiger partial charge in [0, 0.05) is 12.5 Å². The lowest BCUT2D eigenvalue weighted by Crippen LogP contribution is -2.18. The summed E-state index contributed by atoms with van der Waals surface area (Å²) in [5.41, 5.74) is 1.75. The molecule has 0 spiro atoms. The molecule has 1 heterocycles. The smallest absolute Gasteiger partial charge is 0.348 e. The highest BCUT2D eigenvalue weighted by Crippen LogP contribution is 2.21. The average molecular weight is 541 g/mol. The van der Waals surface area contributed by atoms with E-state index in [4.69, 9.17) is 14.2 Å². The first kappa shape index (κ1) is 32.5. The highest BCUT2D eigenvalue weighted by Gasteiger charge is 2.27. The quantitative estimate of drug-likeness (QED) is 0.0547. The Hall–Kier alpha value is -2.69. The minimum Gasteiger partial charge on any atom is -0.462 e. The van der Waals surface area contributed by atoms with Gasteiger partial charge in [-0.15, -0.1) is 0 Å². The summed E-state index contributed by atoms with van der Waals surface area (Å²) in [6.45, 7) is 3.08. The molecule has 0 aromatic heterocycles. The third-order valence-electron chi connectivity index (χ3n) is 7.02. The number of epoxide rings is 1. The largest absolute Gasteiger partial charge is 0.462 e. The van der Waals surface area contributed by atoms with Crippen molar-refractivity contribution in [2.75, 3.05) is 20.3 Å². The highest BCUT2D eigenvalue weighted by molar-refractivity contribution is 5.97. The van der Waals surface area contributed by atoms with Crippen molar-refractivity contribution in [3.8, 4) is 6.07 Å². The molecule has 2 rings (SSSR count). The molecule has 1 aliphatic rings. The van der Waals surface area contributed by atoms with Crippen molar-refractivity contribution in [1.82, 2.24) is 5.32 Å². The van der Waals surface area contributed by atoms with Crippen LogP contribution in [0.25, 0.3) is 6.08 Å². The number of carbonyl (C=O) groups is 2. The minimum absolute atomic E-state index is 0.00680. The molecule has 0 saturated carbocycles. The summed E-state index contributed by atoms with van der Waals surface area (Å²) in [5, 5.41) is 12.7. The molecule has 1 aromatic carbocycles. The molecule has 0 radical (unpaired) electrons. The SMILES string of the molecule is CCCCCCCCCCCCCCCOC(=O)C(C#N)=Cc1ccc(C(CCC(=O)OC2CO2)NC)cc1. The first-order valence-corrected chi connectivity index (χ1v) is 14.9. The van der Waals surface area contributed by atoms with Crippen molar-refractivity contribution in [3.05, 3.63) is 41.0 Å². The van der Waals surface area contributed by atoms with Crippen LogP contribution in [0.3, 0.4) is 0 Å². The molecule has 7 heteroatoms. The van der Waals surface area contributed by atoms with Crippen LogP contribution >= 0.6 is 0 Å². The number of benzene rings is 1. The molecule has 0 bridgehead atoms. The van der Waals surface area contributed by atoms with Gasteiger partial charge in [0.2, 0.25) is 6.29 Å². The standard InChI is InChI=1S/C32H48N2O5/c1-3-4-5-6-7-8-9-10-11-12-13-14-15-22-37-32(36)28(24-33)23-26-16-18-27(19-17-26)29(34-2)20-21-30(35)39-31-25-38-31/h16-19,23,29,31,34H,3-15,20-22,25H2,1-2H3. The third-order valence-corrected chi connectivity index (χ3v) is 7.02. The predicted octanol–water partition coefficient (Wildman–Crippen LogP) is 7.17. The Morgan fingerprint density at radius 2 is 1.56 bits per heavy atom. The van der Waals surface area contributed by atoms with Gasteiger partial charge in [-0.1, -0.05) is 108 Å². The lowest BCUT2D eigenvalue weighted by molar-refractivity contribution is -0.148. The van der Waals surface area contributed by atoms with Crippen LogP contribution in [0.1, 0.15) is 120 Å².